The monoisotopic (exact) mass is 359 g/mol. The van der Waals surface area contributed by atoms with E-state index in [0.717, 1.165) is 40.4 Å². The predicted octanol–water partition coefficient (Wildman–Crippen LogP) is 4.58. The highest BCUT2D eigenvalue weighted by Gasteiger charge is 2.13. The van der Waals surface area contributed by atoms with Crippen molar-refractivity contribution in [2.24, 2.45) is 7.05 Å². The molecule has 3 heterocycles. The van der Waals surface area contributed by atoms with Crippen molar-refractivity contribution >= 4 is 11.3 Å². The zero-order valence-electron chi connectivity index (χ0n) is 16.5. The highest BCUT2D eigenvalue weighted by Crippen LogP contribution is 2.28. The highest BCUT2D eigenvalue weighted by molar-refractivity contribution is 5.76. The molecule has 0 aliphatic rings. The fourth-order valence-electron chi connectivity index (χ4n) is 3.54. The van der Waals surface area contributed by atoms with Crippen LogP contribution < -0.4 is 5.32 Å². The van der Waals surface area contributed by atoms with Gasteiger partial charge < -0.3 is 9.72 Å². The van der Waals surface area contributed by atoms with E-state index in [1.807, 2.05) is 24.1 Å². The average Bonchev–Trinajstić information content (AvgIpc) is 3.19. The lowest BCUT2D eigenvalue weighted by atomic mass is 10.0. The van der Waals surface area contributed by atoms with Crippen LogP contribution in [0.25, 0.3) is 16.8 Å². The third-order valence-electron chi connectivity index (χ3n) is 5.33. The van der Waals surface area contributed by atoms with Crippen molar-refractivity contribution in [3.05, 3.63) is 70.9 Å². The molecule has 0 fully saturated rings. The maximum atomic E-state index is 4.79. The highest BCUT2D eigenvalue weighted by atomic mass is 15.2. The van der Waals surface area contributed by atoms with Crippen LogP contribution in [0.1, 0.15) is 28.1 Å². The van der Waals surface area contributed by atoms with Crippen LogP contribution >= 0.6 is 0 Å². The SMILES string of the molecule is Cc1cccc(C)c1CNc1cc(-c2cnn(C)c2)cn2c(C)c(C)nc12. The van der Waals surface area contributed by atoms with Gasteiger partial charge in [0.25, 0.3) is 0 Å². The van der Waals surface area contributed by atoms with Gasteiger partial charge in [-0.3, -0.25) is 4.68 Å². The van der Waals surface area contributed by atoms with Crippen molar-refractivity contribution < 1.29 is 0 Å². The van der Waals surface area contributed by atoms with Crippen LogP contribution in [-0.4, -0.2) is 19.2 Å². The molecule has 5 nitrogen and oxygen atoms in total. The van der Waals surface area contributed by atoms with Crippen LogP contribution in [0.5, 0.6) is 0 Å². The van der Waals surface area contributed by atoms with E-state index in [1.54, 1.807) is 0 Å². The number of fused-ring (bicyclic) bond motifs is 1. The number of imidazole rings is 1. The summed E-state index contributed by atoms with van der Waals surface area (Å²) in [4.78, 5) is 4.79. The average molecular weight is 359 g/mol. The number of anilines is 1. The molecule has 1 aromatic carbocycles. The van der Waals surface area contributed by atoms with Gasteiger partial charge in [0.2, 0.25) is 0 Å². The first-order chi connectivity index (χ1) is 12.9. The molecule has 0 spiro atoms. The van der Waals surface area contributed by atoms with Gasteiger partial charge in [-0.05, 0) is 50.5 Å². The Bertz CT molecular complexity index is 1110. The first-order valence-electron chi connectivity index (χ1n) is 9.21. The lowest BCUT2D eigenvalue weighted by molar-refractivity contribution is 0.768. The number of benzene rings is 1. The Labute approximate surface area is 159 Å². The van der Waals surface area contributed by atoms with Gasteiger partial charge in [-0.25, -0.2) is 4.98 Å². The normalized spacial score (nSPS) is 11.3. The van der Waals surface area contributed by atoms with Gasteiger partial charge >= 0.3 is 0 Å². The molecule has 0 saturated heterocycles. The Morgan fingerprint density at radius 3 is 2.41 bits per heavy atom. The molecule has 0 atom stereocenters. The summed E-state index contributed by atoms with van der Waals surface area (Å²) in [5, 5.41) is 7.95. The minimum absolute atomic E-state index is 0.773. The van der Waals surface area contributed by atoms with Crippen LogP contribution in [0.2, 0.25) is 0 Å². The van der Waals surface area contributed by atoms with E-state index in [-0.39, 0.29) is 0 Å². The van der Waals surface area contributed by atoms with Crippen molar-refractivity contribution in [2.75, 3.05) is 5.32 Å². The van der Waals surface area contributed by atoms with E-state index in [0.29, 0.717) is 0 Å². The summed E-state index contributed by atoms with van der Waals surface area (Å²) in [5.74, 6) is 0. The zero-order chi connectivity index (χ0) is 19.1. The molecule has 0 saturated carbocycles. The van der Waals surface area contributed by atoms with Crippen LogP contribution in [0.3, 0.4) is 0 Å². The molecule has 0 bridgehead atoms. The second-order valence-corrected chi connectivity index (χ2v) is 7.25. The molecule has 0 unspecified atom stereocenters. The smallest absolute Gasteiger partial charge is 0.160 e. The number of aryl methyl sites for hydroxylation is 5. The third-order valence-corrected chi connectivity index (χ3v) is 5.33. The quantitative estimate of drug-likeness (QED) is 0.580. The number of nitrogens with one attached hydrogen (secondary N) is 1. The van der Waals surface area contributed by atoms with Crippen molar-refractivity contribution in [1.82, 2.24) is 19.2 Å². The van der Waals surface area contributed by atoms with Crippen molar-refractivity contribution in [1.29, 1.82) is 0 Å². The summed E-state index contributed by atoms with van der Waals surface area (Å²) >= 11 is 0. The molecule has 27 heavy (non-hydrogen) atoms. The number of pyridine rings is 1. The molecule has 5 heteroatoms. The van der Waals surface area contributed by atoms with Gasteiger partial charge in [-0.1, -0.05) is 18.2 Å². The van der Waals surface area contributed by atoms with Crippen LogP contribution in [0.15, 0.2) is 42.9 Å². The second kappa shape index (κ2) is 6.58. The Balaban J connectivity index is 1.80. The molecule has 0 aliphatic carbocycles. The zero-order valence-corrected chi connectivity index (χ0v) is 16.5. The minimum Gasteiger partial charge on any atom is -0.378 e. The van der Waals surface area contributed by atoms with Crippen molar-refractivity contribution in [3.63, 3.8) is 0 Å². The van der Waals surface area contributed by atoms with Gasteiger partial charge in [0.15, 0.2) is 5.65 Å². The lowest BCUT2D eigenvalue weighted by Gasteiger charge is -2.14. The standard InChI is InChI=1S/C22H25N5/c1-14-7-6-8-15(2)20(14)11-23-21-9-18(19-10-24-26(5)12-19)13-27-17(4)16(3)25-22(21)27/h6-10,12-13,23H,11H2,1-5H3. The first-order valence-corrected chi connectivity index (χ1v) is 9.21. The summed E-state index contributed by atoms with van der Waals surface area (Å²) < 4.78 is 4.00. The minimum atomic E-state index is 0.773. The van der Waals surface area contributed by atoms with Crippen molar-refractivity contribution in [2.45, 2.75) is 34.2 Å². The summed E-state index contributed by atoms with van der Waals surface area (Å²) in [6.45, 7) is 9.26. The van der Waals surface area contributed by atoms with Crippen LogP contribution in [-0.2, 0) is 13.6 Å². The largest absolute Gasteiger partial charge is 0.378 e. The van der Waals surface area contributed by atoms with E-state index >= 15 is 0 Å². The van der Waals surface area contributed by atoms with Gasteiger partial charge in [-0.15, -0.1) is 0 Å². The summed E-state index contributed by atoms with van der Waals surface area (Å²) in [6, 6.07) is 8.60. The van der Waals surface area contributed by atoms with E-state index in [9.17, 15) is 0 Å². The molecular weight excluding hydrogens is 334 g/mol. The third kappa shape index (κ3) is 3.10. The molecule has 138 valence electrons. The number of nitrogens with zero attached hydrogens (tertiary/aromatic N) is 4. The Kier molecular flexibility index (Phi) is 4.22. The van der Waals surface area contributed by atoms with Gasteiger partial charge in [0.05, 0.1) is 17.6 Å². The van der Waals surface area contributed by atoms with Gasteiger partial charge in [0.1, 0.15) is 0 Å². The number of aromatic nitrogens is 4. The molecule has 4 rings (SSSR count). The first kappa shape index (κ1) is 17.3. The van der Waals surface area contributed by atoms with E-state index in [2.05, 4.69) is 73.0 Å². The Morgan fingerprint density at radius 2 is 1.74 bits per heavy atom. The topological polar surface area (TPSA) is 47.2 Å². The fourth-order valence-corrected chi connectivity index (χ4v) is 3.54. The Morgan fingerprint density at radius 1 is 1.00 bits per heavy atom. The fraction of sp³-hybridized carbons (Fsp3) is 0.273. The molecule has 0 aliphatic heterocycles. The molecular formula is C22H25N5. The summed E-state index contributed by atoms with van der Waals surface area (Å²) in [6.07, 6.45) is 6.08. The summed E-state index contributed by atoms with van der Waals surface area (Å²) in [7, 11) is 1.94. The summed E-state index contributed by atoms with van der Waals surface area (Å²) in [5.41, 5.74) is 10.4. The van der Waals surface area contributed by atoms with Gasteiger partial charge in [0, 0.05) is 42.8 Å². The number of rotatable bonds is 4. The van der Waals surface area contributed by atoms with Gasteiger partial charge in [-0.2, -0.15) is 5.10 Å². The molecule has 0 radical (unpaired) electrons. The van der Waals surface area contributed by atoms with Crippen LogP contribution in [0.4, 0.5) is 5.69 Å². The Hall–Kier alpha value is -3.08. The number of hydrogen-bond donors (Lipinski definition) is 1. The molecule has 4 aromatic rings. The van der Waals surface area contributed by atoms with E-state index in [1.165, 1.54) is 16.7 Å². The maximum Gasteiger partial charge on any atom is 0.160 e. The van der Waals surface area contributed by atoms with Crippen molar-refractivity contribution in [3.8, 4) is 11.1 Å². The second-order valence-electron chi connectivity index (χ2n) is 7.25. The predicted molar refractivity (Wildman–Crippen MR) is 110 cm³/mol. The maximum absolute atomic E-state index is 4.79. The molecule has 1 N–H and O–H groups in total. The van der Waals surface area contributed by atoms with Crippen LogP contribution in [0, 0.1) is 27.7 Å². The lowest BCUT2D eigenvalue weighted by Crippen LogP contribution is -2.05. The van der Waals surface area contributed by atoms with E-state index in [4.69, 9.17) is 4.98 Å². The molecule has 0 amide bonds. The van der Waals surface area contributed by atoms with E-state index < -0.39 is 0 Å². The molecule has 3 aromatic heterocycles. The number of hydrogen-bond acceptors (Lipinski definition) is 3.